The van der Waals surface area contributed by atoms with Gasteiger partial charge in [0.2, 0.25) is 0 Å². The molecule has 0 aliphatic carbocycles. The molecule has 1 saturated heterocycles. The van der Waals surface area contributed by atoms with E-state index in [4.69, 9.17) is 0 Å². The lowest BCUT2D eigenvalue weighted by Crippen LogP contribution is -2.33. The zero-order valence-corrected chi connectivity index (χ0v) is 11.8. The molecule has 0 amide bonds. The van der Waals surface area contributed by atoms with Gasteiger partial charge in [0.15, 0.2) is 0 Å². The summed E-state index contributed by atoms with van der Waals surface area (Å²) in [5.74, 6) is 0.336. The summed E-state index contributed by atoms with van der Waals surface area (Å²) >= 11 is 1.72. The molecule has 2 heterocycles. The Labute approximate surface area is 115 Å². The maximum Gasteiger partial charge on any atom is 0.401 e. The first kappa shape index (κ1) is 14.8. The lowest BCUT2D eigenvalue weighted by molar-refractivity contribution is -0.143. The van der Waals surface area contributed by atoms with Crippen LogP contribution in [0, 0.1) is 12.8 Å². The molecule has 0 aromatic carbocycles. The number of rotatable bonds is 5. The molecule has 1 aliphatic rings. The van der Waals surface area contributed by atoms with Crippen molar-refractivity contribution in [2.24, 2.45) is 5.92 Å². The first-order valence-corrected chi connectivity index (χ1v) is 7.35. The summed E-state index contributed by atoms with van der Waals surface area (Å²) in [6, 6.07) is 2.09. The predicted octanol–water partition coefficient (Wildman–Crippen LogP) is 3.03. The van der Waals surface area contributed by atoms with Crippen LogP contribution >= 0.6 is 11.3 Å². The van der Waals surface area contributed by atoms with Gasteiger partial charge in [-0.3, -0.25) is 4.90 Å². The van der Waals surface area contributed by atoms with Crippen molar-refractivity contribution in [3.05, 3.63) is 21.9 Å². The van der Waals surface area contributed by atoms with Gasteiger partial charge in [-0.05, 0) is 49.4 Å². The van der Waals surface area contributed by atoms with Crippen LogP contribution in [0.25, 0.3) is 0 Å². The average molecular weight is 292 g/mol. The molecule has 1 N–H and O–H groups in total. The Balaban J connectivity index is 1.67. The molecule has 0 radical (unpaired) electrons. The van der Waals surface area contributed by atoms with Gasteiger partial charge in [-0.25, -0.2) is 0 Å². The number of nitrogens with one attached hydrogen (secondary N) is 1. The number of nitrogens with zero attached hydrogens (tertiary/aromatic N) is 1. The Morgan fingerprint density at radius 2 is 2.26 bits per heavy atom. The Morgan fingerprint density at radius 1 is 1.47 bits per heavy atom. The zero-order chi connectivity index (χ0) is 13.9. The number of aryl methyl sites for hydroxylation is 1. The van der Waals surface area contributed by atoms with E-state index in [2.05, 4.69) is 23.7 Å². The predicted molar refractivity (Wildman–Crippen MR) is 71.4 cm³/mol. The van der Waals surface area contributed by atoms with Crippen LogP contribution in [-0.2, 0) is 6.54 Å². The van der Waals surface area contributed by atoms with Gasteiger partial charge in [0.05, 0.1) is 6.54 Å². The van der Waals surface area contributed by atoms with E-state index >= 15 is 0 Å². The SMILES string of the molecule is Cc1ccsc1CNCC1CCN(CC(F)(F)F)C1. The fourth-order valence-corrected chi connectivity index (χ4v) is 3.33. The maximum atomic E-state index is 12.3. The normalized spacial score (nSPS) is 21.2. The van der Waals surface area contributed by atoms with Crippen molar-refractivity contribution in [1.82, 2.24) is 10.2 Å². The minimum atomic E-state index is -4.07. The fourth-order valence-electron chi connectivity index (χ4n) is 2.45. The maximum absolute atomic E-state index is 12.3. The summed E-state index contributed by atoms with van der Waals surface area (Å²) in [4.78, 5) is 2.81. The fraction of sp³-hybridized carbons (Fsp3) is 0.692. The first-order chi connectivity index (χ1) is 8.94. The second-order valence-corrected chi connectivity index (χ2v) is 6.16. The highest BCUT2D eigenvalue weighted by molar-refractivity contribution is 7.10. The number of thiophene rings is 1. The lowest BCUT2D eigenvalue weighted by atomic mass is 10.1. The molecule has 1 aliphatic heterocycles. The van der Waals surface area contributed by atoms with Crippen LogP contribution in [0.1, 0.15) is 16.9 Å². The van der Waals surface area contributed by atoms with E-state index in [0.717, 1.165) is 19.5 Å². The summed E-state index contributed by atoms with van der Waals surface area (Å²) in [5, 5.41) is 5.42. The van der Waals surface area contributed by atoms with Crippen LogP contribution in [0.3, 0.4) is 0 Å². The molecule has 108 valence electrons. The quantitative estimate of drug-likeness (QED) is 0.897. The molecule has 2 rings (SSSR count). The zero-order valence-electron chi connectivity index (χ0n) is 11.0. The van der Waals surface area contributed by atoms with Crippen LogP contribution in [0.5, 0.6) is 0 Å². The van der Waals surface area contributed by atoms with E-state index in [9.17, 15) is 13.2 Å². The van der Waals surface area contributed by atoms with Crippen molar-refractivity contribution in [3.8, 4) is 0 Å². The molecule has 6 heteroatoms. The Hall–Kier alpha value is -0.590. The van der Waals surface area contributed by atoms with Crippen molar-refractivity contribution in [2.45, 2.75) is 26.1 Å². The molecule has 0 bridgehead atoms. The molecule has 19 heavy (non-hydrogen) atoms. The minimum absolute atomic E-state index is 0.336. The van der Waals surface area contributed by atoms with Crippen molar-refractivity contribution >= 4 is 11.3 Å². The van der Waals surface area contributed by atoms with Gasteiger partial charge in [-0.2, -0.15) is 13.2 Å². The summed E-state index contributed by atoms with van der Waals surface area (Å²) in [6.07, 6.45) is -3.22. The van der Waals surface area contributed by atoms with E-state index in [1.54, 1.807) is 11.3 Å². The minimum Gasteiger partial charge on any atom is -0.312 e. The molecular weight excluding hydrogens is 273 g/mol. The van der Waals surface area contributed by atoms with E-state index in [1.807, 2.05) is 0 Å². The number of likely N-dealkylation sites (tertiary alicyclic amines) is 1. The van der Waals surface area contributed by atoms with E-state index in [1.165, 1.54) is 15.3 Å². The lowest BCUT2D eigenvalue weighted by Gasteiger charge is -2.18. The first-order valence-electron chi connectivity index (χ1n) is 6.47. The highest BCUT2D eigenvalue weighted by Gasteiger charge is 2.34. The third-order valence-electron chi connectivity index (χ3n) is 3.46. The third kappa shape index (κ3) is 4.78. The molecule has 0 saturated carbocycles. The van der Waals surface area contributed by atoms with Crippen LogP contribution in [0.2, 0.25) is 0 Å². The number of hydrogen-bond acceptors (Lipinski definition) is 3. The van der Waals surface area contributed by atoms with Crippen molar-refractivity contribution in [2.75, 3.05) is 26.2 Å². The van der Waals surface area contributed by atoms with Gasteiger partial charge in [0.1, 0.15) is 0 Å². The molecule has 1 unspecified atom stereocenters. The van der Waals surface area contributed by atoms with Crippen LogP contribution in [0.4, 0.5) is 13.2 Å². The standard InChI is InChI=1S/C13H19F3N2S/c1-10-3-5-19-12(10)7-17-6-11-2-4-18(8-11)9-13(14,15)16/h3,5,11,17H,2,4,6-9H2,1H3. The molecule has 1 aromatic heterocycles. The van der Waals surface area contributed by atoms with Gasteiger partial charge >= 0.3 is 6.18 Å². The largest absolute Gasteiger partial charge is 0.401 e. The van der Waals surface area contributed by atoms with E-state index < -0.39 is 12.7 Å². The van der Waals surface area contributed by atoms with Crippen molar-refractivity contribution < 1.29 is 13.2 Å². The highest BCUT2D eigenvalue weighted by Crippen LogP contribution is 2.22. The second kappa shape index (κ2) is 6.24. The van der Waals surface area contributed by atoms with E-state index in [-0.39, 0.29) is 0 Å². The average Bonchev–Trinajstić information content (AvgIpc) is 2.87. The van der Waals surface area contributed by atoms with Gasteiger partial charge in [0.25, 0.3) is 0 Å². The summed E-state index contributed by atoms with van der Waals surface area (Å²) in [6.45, 7) is 4.03. The van der Waals surface area contributed by atoms with Crippen molar-refractivity contribution in [3.63, 3.8) is 0 Å². The smallest absolute Gasteiger partial charge is 0.312 e. The highest BCUT2D eigenvalue weighted by atomic mass is 32.1. The Kier molecular flexibility index (Phi) is 4.86. The van der Waals surface area contributed by atoms with Crippen LogP contribution in [0.15, 0.2) is 11.4 Å². The van der Waals surface area contributed by atoms with Crippen LogP contribution in [-0.4, -0.2) is 37.3 Å². The van der Waals surface area contributed by atoms with Crippen molar-refractivity contribution in [1.29, 1.82) is 0 Å². The van der Waals surface area contributed by atoms with E-state index in [0.29, 0.717) is 19.0 Å². The Bertz CT molecular complexity index is 403. The third-order valence-corrected chi connectivity index (χ3v) is 4.48. The molecule has 0 spiro atoms. The molecule has 2 nitrogen and oxygen atoms in total. The molecule has 1 aromatic rings. The monoisotopic (exact) mass is 292 g/mol. The van der Waals surface area contributed by atoms with Gasteiger partial charge in [-0.15, -0.1) is 11.3 Å². The topological polar surface area (TPSA) is 15.3 Å². The molecular formula is C13H19F3N2S. The molecule has 1 fully saturated rings. The number of hydrogen-bond donors (Lipinski definition) is 1. The summed E-state index contributed by atoms with van der Waals surface area (Å²) < 4.78 is 36.8. The molecule has 1 atom stereocenters. The second-order valence-electron chi connectivity index (χ2n) is 5.16. The van der Waals surface area contributed by atoms with Crippen LogP contribution < -0.4 is 5.32 Å². The number of alkyl halides is 3. The van der Waals surface area contributed by atoms with Gasteiger partial charge < -0.3 is 5.32 Å². The summed E-state index contributed by atoms with van der Waals surface area (Å²) in [7, 11) is 0. The van der Waals surface area contributed by atoms with Gasteiger partial charge in [0, 0.05) is 18.0 Å². The summed E-state index contributed by atoms with van der Waals surface area (Å²) in [5.41, 5.74) is 1.28. The number of halogens is 3. The Morgan fingerprint density at radius 3 is 2.89 bits per heavy atom. The van der Waals surface area contributed by atoms with Gasteiger partial charge in [-0.1, -0.05) is 0 Å².